The standard InChI is InChI=1S/C15H26N2O8/c1-14(2,3)25-13(20)17-9(11(18)21-6)10-8(7-22-12(16)19)23-15(4,5)24-10/h8-10H,7H2,1-6H3,(H2,16,19)(H,17,20)/t8-,9-,10+/m0/s1. The van der Waals surface area contributed by atoms with Gasteiger partial charge in [0.2, 0.25) is 0 Å². The molecule has 0 bridgehead atoms. The molecule has 25 heavy (non-hydrogen) atoms. The normalized spacial score (nSPS) is 23.4. The van der Waals surface area contributed by atoms with Crippen LogP contribution in [0.2, 0.25) is 0 Å². The Bertz CT molecular complexity index is 514. The number of hydrogen-bond acceptors (Lipinski definition) is 8. The molecule has 1 aliphatic rings. The molecule has 1 fully saturated rings. The second-order valence-corrected chi connectivity index (χ2v) is 6.92. The highest BCUT2D eigenvalue weighted by atomic mass is 16.8. The molecule has 3 N–H and O–H groups in total. The van der Waals surface area contributed by atoms with E-state index in [1.807, 2.05) is 0 Å². The lowest BCUT2D eigenvalue weighted by atomic mass is 10.1. The zero-order valence-electron chi connectivity index (χ0n) is 15.3. The number of esters is 1. The summed E-state index contributed by atoms with van der Waals surface area (Å²) in [6, 6.07) is -1.23. The van der Waals surface area contributed by atoms with Crippen molar-refractivity contribution < 1.29 is 38.1 Å². The number of rotatable bonds is 5. The first-order valence-electron chi connectivity index (χ1n) is 7.70. The summed E-state index contributed by atoms with van der Waals surface area (Å²) in [5, 5.41) is 2.41. The van der Waals surface area contributed by atoms with Crippen LogP contribution in [0.4, 0.5) is 9.59 Å². The predicted molar refractivity (Wildman–Crippen MR) is 84.5 cm³/mol. The molecule has 144 valence electrons. The minimum atomic E-state index is -1.23. The summed E-state index contributed by atoms with van der Waals surface area (Å²) in [4.78, 5) is 35.0. The average molecular weight is 362 g/mol. The largest absolute Gasteiger partial charge is 0.467 e. The highest BCUT2D eigenvalue weighted by Crippen LogP contribution is 2.30. The second kappa shape index (κ2) is 7.87. The van der Waals surface area contributed by atoms with Gasteiger partial charge in [-0.15, -0.1) is 0 Å². The third-order valence-corrected chi connectivity index (χ3v) is 3.07. The predicted octanol–water partition coefficient (Wildman–Crippen LogP) is 0.668. The fourth-order valence-corrected chi connectivity index (χ4v) is 2.28. The van der Waals surface area contributed by atoms with E-state index in [-0.39, 0.29) is 6.61 Å². The number of primary amides is 1. The number of methoxy groups -OCH3 is 1. The minimum absolute atomic E-state index is 0.257. The molecule has 0 aromatic carbocycles. The van der Waals surface area contributed by atoms with Gasteiger partial charge in [-0.3, -0.25) is 0 Å². The second-order valence-electron chi connectivity index (χ2n) is 6.92. The molecule has 2 amide bonds. The average Bonchev–Trinajstić information content (AvgIpc) is 2.74. The van der Waals surface area contributed by atoms with E-state index < -0.39 is 47.8 Å². The molecule has 0 aliphatic carbocycles. The van der Waals surface area contributed by atoms with Gasteiger partial charge in [0.25, 0.3) is 0 Å². The van der Waals surface area contributed by atoms with Gasteiger partial charge in [-0.25, -0.2) is 14.4 Å². The summed E-state index contributed by atoms with van der Waals surface area (Å²) in [6.45, 7) is 8.02. The molecule has 1 aliphatic heterocycles. The van der Waals surface area contributed by atoms with Crippen LogP contribution in [0.1, 0.15) is 34.6 Å². The van der Waals surface area contributed by atoms with Crippen LogP contribution in [0.15, 0.2) is 0 Å². The van der Waals surface area contributed by atoms with Crippen LogP contribution in [0, 0.1) is 0 Å². The van der Waals surface area contributed by atoms with E-state index in [9.17, 15) is 14.4 Å². The quantitative estimate of drug-likeness (QED) is 0.538. The van der Waals surface area contributed by atoms with E-state index >= 15 is 0 Å². The zero-order valence-corrected chi connectivity index (χ0v) is 15.3. The Morgan fingerprint density at radius 1 is 1.24 bits per heavy atom. The topological polar surface area (TPSA) is 135 Å². The number of alkyl carbamates (subject to hydrolysis) is 1. The van der Waals surface area contributed by atoms with Crippen molar-refractivity contribution >= 4 is 18.2 Å². The Labute approximate surface area is 146 Å². The molecule has 3 atom stereocenters. The van der Waals surface area contributed by atoms with Crippen molar-refractivity contribution in [1.29, 1.82) is 0 Å². The van der Waals surface area contributed by atoms with Gasteiger partial charge < -0.3 is 34.7 Å². The van der Waals surface area contributed by atoms with Gasteiger partial charge in [0.1, 0.15) is 24.4 Å². The summed E-state index contributed by atoms with van der Waals surface area (Å²) >= 11 is 0. The number of carbonyl (C=O) groups excluding carboxylic acids is 3. The number of ether oxygens (including phenoxy) is 5. The third kappa shape index (κ3) is 6.75. The molecule has 1 rings (SSSR count). The van der Waals surface area contributed by atoms with Crippen LogP contribution in [-0.4, -0.2) is 61.5 Å². The van der Waals surface area contributed by atoms with Gasteiger partial charge in [-0.1, -0.05) is 0 Å². The van der Waals surface area contributed by atoms with Crippen LogP contribution in [0.25, 0.3) is 0 Å². The Morgan fingerprint density at radius 2 is 1.84 bits per heavy atom. The number of carbonyl (C=O) groups is 3. The molecule has 10 heteroatoms. The summed E-state index contributed by atoms with van der Waals surface area (Å²) in [7, 11) is 1.17. The summed E-state index contributed by atoms with van der Waals surface area (Å²) < 4.78 is 25.9. The van der Waals surface area contributed by atoms with Gasteiger partial charge in [-0.2, -0.15) is 0 Å². The number of amides is 2. The van der Waals surface area contributed by atoms with Crippen LogP contribution in [0.3, 0.4) is 0 Å². The fourth-order valence-electron chi connectivity index (χ4n) is 2.28. The van der Waals surface area contributed by atoms with E-state index in [1.165, 1.54) is 7.11 Å². The minimum Gasteiger partial charge on any atom is -0.467 e. The van der Waals surface area contributed by atoms with Crippen molar-refractivity contribution in [3.05, 3.63) is 0 Å². The van der Waals surface area contributed by atoms with Crippen molar-refractivity contribution in [1.82, 2.24) is 5.32 Å². The lowest BCUT2D eigenvalue weighted by Gasteiger charge is -2.27. The van der Waals surface area contributed by atoms with E-state index in [0.29, 0.717) is 0 Å². The molecule has 0 spiro atoms. The van der Waals surface area contributed by atoms with E-state index in [1.54, 1.807) is 34.6 Å². The van der Waals surface area contributed by atoms with Gasteiger partial charge in [0.05, 0.1) is 7.11 Å². The van der Waals surface area contributed by atoms with Crippen LogP contribution in [-0.2, 0) is 28.5 Å². The molecule has 0 aromatic heterocycles. The lowest BCUT2D eigenvalue weighted by Crippen LogP contribution is -2.54. The van der Waals surface area contributed by atoms with Gasteiger partial charge in [0.15, 0.2) is 11.8 Å². The first kappa shape index (κ1) is 21.0. The summed E-state index contributed by atoms with van der Waals surface area (Å²) in [6.07, 6.45) is -3.65. The molecule has 1 heterocycles. The van der Waals surface area contributed by atoms with Crippen molar-refractivity contribution in [2.24, 2.45) is 5.73 Å². The number of nitrogens with two attached hydrogens (primary N) is 1. The van der Waals surface area contributed by atoms with E-state index in [4.69, 9.17) is 29.4 Å². The first-order chi connectivity index (χ1) is 11.3. The number of hydrogen-bond donors (Lipinski definition) is 2. The molecule has 0 radical (unpaired) electrons. The SMILES string of the molecule is COC(=O)[C@@H](NC(=O)OC(C)(C)C)[C@@H]1OC(C)(C)O[C@H]1COC(N)=O. The van der Waals surface area contributed by atoms with E-state index in [2.05, 4.69) is 5.32 Å². The lowest BCUT2D eigenvalue weighted by molar-refractivity contribution is -0.159. The fraction of sp³-hybridized carbons (Fsp3) is 0.800. The molecule has 0 aromatic rings. The van der Waals surface area contributed by atoms with Gasteiger partial charge in [-0.05, 0) is 34.6 Å². The highest BCUT2D eigenvalue weighted by molar-refractivity contribution is 5.82. The van der Waals surface area contributed by atoms with Gasteiger partial charge in [0, 0.05) is 0 Å². The van der Waals surface area contributed by atoms with E-state index in [0.717, 1.165) is 0 Å². The first-order valence-corrected chi connectivity index (χ1v) is 7.70. The molecule has 1 saturated heterocycles. The molecule has 0 saturated carbocycles. The third-order valence-electron chi connectivity index (χ3n) is 3.07. The molecular formula is C15H26N2O8. The summed E-state index contributed by atoms with van der Waals surface area (Å²) in [5.41, 5.74) is 4.20. The monoisotopic (exact) mass is 362 g/mol. The maximum atomic E-state index is 12.1. The number of nitrogens with one attached hydrogen (secondary N) is 1. The Kier molecular flexibility index (Phi) is 6.61. The maximum absolute atomic E-state index is 12.1. The molecule has 0 unspecified atom stereocenters. The molecule has 10 nitrogen and oxygen atoms in total. The van der Waals surface area contributed by atoms with Crippen molar-refractivity contribution in [3.63, 3.8) is 0 Å². The molecular weight excluding hydrogens is 336 g/mol. The van der Waals surface area contributed by atoms with Crippen LogP contribution >= 0.6 is 0 Å². The van der Waals surface area contributed by atoms with Crippen LogP contribution in [0.5, 0.6) is 0 Å². The van der Waals surface area contributed by atoms with Crippen molar-refractivity contribution in [2.45, 2.75) is 64.3 Å². The highest BCUT2D eigenvalue weighted by Gasteiger charge is 2.49. The smallest absolute Gasteiger partial charge is 0.408 e. The van der Waals surface area contributed by atoms with Gasteiger partial charge >= 0.3 is 18.2 Å². The van der Waals surface area contributed by atoms with Crippen molar-refractivity contribution in [2.75, 3.05) is 13.7 Å². The summed E-state index contributed by atoms with van der Waals surface area (Å²) in [5.74, 6) is -1.83. The Morgan fingerprint density at radius 3 is 2.32 bits per heavy atom. The van der Waals surface area contributed by atoms with Crippen molar-refractivity contribution in [3.8, 4) is 0 Å². The Balaban J connectivity index is 2.96. The zero-order chi connectivity index (χ0) is 19.4. The Hall–Kier alpha value is -2.07. The van der Waals surface area contributed by atoms with Crippen LogP contribution < -0.4 is 11.1 Å². The maximum Gasteiger partial charge on any atom is 0.408 e.